The molecule has 0 aliphatic carbocycles. The molecule has 3 rings (SSSR count). The molecule has 31 heavy (non-hydrogen) atoms. The molecule has 0 radical (unpaired) electrons. The number of nitrogens with zero attached hydrogens (tertiary/aromatic N) is 2. The number of anilines is 1. The Balaban J connectivity index is 1.60. The van der Waals surface area contributed by atoms with Gasteiger partial charge in [-0.15, -0.1) is 0 Å². The number of rotatable bonds is 8. The molecule has 0 saturated carbocycles. The maximum absolute atomic E-state index is 12.7. The summed E-state index contributed by atoms with van der Waals surface area (Å²) in [6.07, 6.45) is 4.94. The average molecular weight is 464 g/mol. The molecule has 1 fully saturated rings. The van der Waals surface area contributed by atoms with E-state index in [9.17, 15) is 13.2 Å². The lowest BCUT2D eigenvalue weighted by atomic mass is 10.1. The van der Waals surface area contributed by atoms with Crippen molar-refractivity contribution in [2.24, 2.45) is 0 Å². The predicted octanol–water partition coefficient (Wildman–Crippen LogP) is 3.80. The fourth-order valence-corrected chi connectivity index (χ4v) is 5.17. The summed E-state index contributed by atoms with van der Waals surface area (Å²) in [5, 5.41) is 3.35. The van der Waals surface area contributed by atoms with Gasteiger partial charge in [0, 0.05) is 18.1 Å². The number of benzene rings is 2. The summed E-state index contributed by atoms with van der Waals surface area (Å²) in [6, 6.07) is 13.7. The molecule has 2 aromatic rings. The second-order valence-electron chi connectivity index (χ2n) is 8.08. The first-order valence-electron chi connectivity index (χ1n) is 10.6. The SMILES string of the molecule is CC(C(=O)NCc1ccc(CN2CCCCC2)cc1)N(c1ccc(Cl)cc1)S(C)(=O)=O. The molecule has 6 nitrogen and oxygen atoms in total. The summed E-state index contributed by atoms with van der Waals surface area (Å²) in [4.78, 5) is 15.2. The van der Waals surface area contributed by atoms with E-state index >= 15 is 0 Å². The Morgan fingerprint density at radius 1 is 1.03 bits per heavy atom. The number of hydrogen-bond donors (Lipinski definition) is 1. The van der Waals surface area contributed by atoms with E-state index < -0.39 is 16.1 Å². The van der Waals surface area contributed by atoms with E-state index in [0.29, 0.717) is 17.3 Å². The molecule has 1 saturated heterocycles. The summed E-state index contributed by atoms with van der Waals surface area (Å²) < 4.78 is 25.8. The molecular formula is C23H30ClN3O3S. The van der Waals surface area contributed by atoms with Crippen molar-refractivity contribution in [1.82, 2.24) is 10.2 Å². The van der Waals surface area contributed by atoms with Gasteiger partial charge in [0.1, 0.15) is 6.04 Å². The van der Waals surface area contributed by atoms with E-state index in [4.69, 9.17) is 11.6 Å². The maximum atomic E-state index is 12.7. The highest BCUT2D eigenvalue weighted by Crippen LogP contribution is 2.23. The van der Waals surface area contributed by atoms with Gasteiger partial charge < -0.3 is 5.32 Å². The number of halogens is 1. The van der Waals surface area contributed by atoms with Crippen molar-refractivity contribution in [2.75, 3.05) is 23.7 Å². The lowest BCUT2D eigenvalue weighted by Gasteiger charge is -2.28. The van der Waals surface area contributed by atoms with Crippen LogP contribution >= 0.6 is 11.6 Å². The predicted molar refractivity (Wildman–Crippen MR) is 126 cm³/mol. The molecule has 1 unspecified atom stereocenters. The number of amides is 1. The van der Waals surface area contributed by atoms with Crippen LogP contribution < -0.4 is 9.62 Å². The molecular weight excluding hydrogens is 434 g/mol. The van der Waals surface area contributed by atoms with Crippen molar-refractivity contribution in [2.45, 2.75) is 45.3 Å². The molecule has 1 aliphatic rings. The van der Waals surface area contributed by atoms with Crippen LogP contribution in [-0.4, -0.2) is 44.6 Å². The number of piperidine rings is 1. The van der Waals surface area contributed by atoms with Gasteiger partial charge >= 0.3 is 0 Å². The Morgan fingerprint density at radius 3 is 2.19 bits per heavy atom. The van der Waals surface area contributed by atoms with E-state index in [1.54, 1.807) is 31.2 Å². The lowest BCUT2D eigenvalue weighted by Crippen LogP contribution is -2.47. The first-order chi connectivity index (χ1) is 14.7. The monoisotopic (exact) mass is 463 g/mol. The van der Waals surface area contributed by atoms with Crippen LogP contribution in [0.3, 0.4) is 0 Å². The summed E-state index contributed by atoms with van der Waals surface area (Å²) in [6.45, 7) is 5.17. The summed E-state index contributed by atoms with van der Waals surface area (Å²) in [5.41, 5.74) is 2.63. The van der Waals surface area contributed by atoms with Crippen LogP contribution in [0.5, 0.6) is 0 Å². The molecule has 1 amide bonds. The highest BCUT2D eigenvalue weighted by molar-refractivity contribution is 7.92. The Kier molecular flexibility index (Phi) is 7.97. The Labute approximate surface area is 190 Å². The van der Waals surface area contributed by atoms with E-state index in [1.165, 1.54) is 24.8 Å². The first-order valence-corrected chi connectivity index (χ1v) is 12.8. The summed E-state index contributed by atoms with van der Waals surface area (Å²) in [7, 11) is -3.65. The second kappa shape index (κ2) is 10.5. The Morgan fingerprint density at radius 2 is 1.61 bits per heavy atom. The zero-order valence-corrected chi connectivity index (χ0v) is 19.6. The van der Waals surface area contributed by atoms with Crippen LogP contribution in [0.4, 0.5) is 5.69 Å². The van der Waals surface area contributed by atoms with Crippen molar-refractivity contribution in [3.8, 4) is 0 Å². The van der Waals surface area contributed by atoms with E-state index in [1.807, 2.05) is 12.1 Å². The zero-order chi connectivity index (χ0) is 22.4. The van der Waals surface area contributed by atoms with Crippen LogP contribution in [0, 0.1) is 0 Å². The lowest BCUT2D eigenvalue weighted by molar-refractivity contribution is -0.122. The molecule has 1 atom stereocenters. The molecule has 168 valence electrons. The number of nitrogens with one attached hydrogen (secondary N) is 1. The quantitative estimate of drug-likeness (QED) is 0.646. The van der Waals surface area contributed by atoms with Gasteiger partial charge in [-0.25, -0.2) is 8.42 Å². The molecule has 0 bridgehead atoms. The number of sulfonamides is 1. The Bertz CT molecular complexity index is 972. The third kappa shape index (κ3) is 6.69. The van der Waals surface area contributed by atoms with Crippen molar-refractivity contribution in [3.05, 3.63) is 64.7 Å². The van der Waals surface area contributed by atoms with E-state index in [2.05, 4.69) is 22.3 Å². The molecule has 0 spiro atoms. The fourth-order valence-electron chi connectivity index (χ4n) is 3.87. The molecule has 1 heterocycles. The first kappa shape index (κ1) is 23.6. The average Bonchev–Trinajstić information content (AvgIpc) is 2.74. The van der Waals surface area contributed by atoms with E-state index in [0.717, 1.165) is 35.8 Å². The summed E-state index contributed by atoms with van der Waals surface area (Å²) >= 11 is 5.91. The zero-order valence-electron chi connectivity index (χ0n) is 18.1. The minimum atomic E-state index is -3.65. The molecule has 8 heteroatoms. The minimum Gasteiger partial charge on any atom is -0.350 e. The van der Waals surface area contributed by atoms with Gasteiger partial charge in [0.05, 0.1) is 11.9 Å². The fraction of sp³-hybridized carbons (Fsp3) is 0.435. The van der Waals surface area contributed by atoms with Gasteiger partial charge in [0.15, 0.2) is 0 Å². The maximum Gasteiger partial charge on any atom is 0.243 e. The van der Waals surface area contributed by atoms with Crippen LogP contribution in [-0.2, 0) is 27.9 Å². The van der Waals surface area contributed by atoms with Gasteiger partial charge in [-0.2, -0.15) is 0 Å². The van der Waals surface area contributed by atoms with Crippen LogP contribution in [0.1, 0.15) is 37.3 Å². The largest absolute Gasteiger partial charge is 0.350 e. The second-order valence-corrected chi connectivity index (χ2v) is 10.4. The van der Waals surface area contributed by atoms with E-state index in [-0.39, 0.29) is 5.91 Å². The third-order valence-electron chi connectivity index (χ3n) is 5.51. The highest BCUT2D eigenvalue weighted by atomic mass is 35.5. The topological polar surface area (TPSA) is 69.7 Å². The molecule has 1 aliphatic heterocycles. The van der Waals surface area contributed by atoms with Gasteiger partial charge in [0.2, 0.25) is 15.9 Å². The standard InChI is InChI=1S/C23H30ClN3O3S/c1-18(27(31(2,29)30)22-12-10-21(24)11-13-22)23(28)25-16-19-6-8-20(9-7-19)17-26-14-4-3-5-15-26/h6-13,18H,3-5,14-17H2,1-2H3,(H,25,28). The van der Waals surface area contributed by atoms with Gasteiger partial charge in [0.25, 0.3) is 0 Å². The molecule has 1 N–H and O–H groups in total. The smallest absolute Gasteiger partial charge is 0.243 e. The Hall–Kier alpha value is -2.09. The summed E-state index contributed by atoms with van der Waals surface area (Å²) in [5.74, 6) is -0.363. The van der Waals surface area contributed by atoms with Crippen LogP contribution in [0.15, 0.2) is 48.5 Å². The van der Waals surface area contributed by atoms with Gasteiger partial charge in [-0.3, -0.25) is 14.0 Å². The van der Waals surface area contributed by atoms with Gasteiger partial charge in [-0.05, 0) is 68.2 Å². The van der Waals surface area contributed by atoms with Crippen molar-refractivity contribution in [3.63, 3.8) is 0 Å². The minimum absolute atomic E-state index is 0.339. The van der Waals surface area contributed by atoms with Crippen molar-refractivity contribution >= 4 is 33.2 Å². The van der Waals surface area contributed by atoms with Crippen LogP contribution in [0.2, 0.25) is 5.02 Å². The number of hydrogen-bond acceptors (Lipinski definition) is 4. The number of carbonyl (C=O) groups is 1. The van der Waals surface area contributed by atoms with Crippen LogP contribution in [0.25, 0.3) is 0 Å². The number of carbonyl (C=O) groups excluding carboxylic acids is 1. The number of likely N-dealkylation sites (tertiary alicyclic amines) is 1. The van der Waals surface area contributed by atoms with Crippen molar-refractivity contribution in [1.29, 1.82) is 0 Å². The normalized spacial score (nSPS) is 16.0. The molecule has 0 aromatic heterocycles. The third-order valence-corrected chi connectivity index (χ3v) is 7.01. The molecule has 2 aromatic carbocycles. The highest BCUT2D eigenvalue weighted by Gasteiger charge is 2.28. The van der Waals surface area contributed by atoms with Gasteiger partial charge in [-0.1, -0.05) is 42.3 Å². The van der Waals surface area contributed by atoms with Crippen molar-refractivity contribution < 1.29 is 13.2 Å².